The number of halogens is 1. The number of aromatic nitrogens is 1. The molecule has 0 amide bonds. The molecule has 0 bridgehead atoms. The molecule has 0 atom stereocenters. The molecule has 0 radical (unpaired) electrons. The first-order valence-electron chi connectivity index (χ1n) is 5.04. The Morgan fingerprint density at radius 2 is 2.25 bits per heavy atom. The maximum Gasteiger partial charge on any atom is 0.303 e. The number of nitrogens with zero attached hydrogens (tertiary/aromatic N) is 1. The minimum absolute atomic E-state index is 0.167. The van der Waals surface area contributed by atoms with Gasteiger partial charge in [-0.05, 0) is 24.1 Å². The second-order valence-corrected chi connectivity index (χ2v) is 4.65. The Labute approximate surface area is 102 Å². The van der Waals surface area contributed by atoms with Crippen LogP contribution in [0.5, 0.6) is 0 Å². The van der Waals surface area contributed by atoms with Gasteiger partial charge in [0, 0.05) is 35.0 Å². The van der Waals surface area contributed by atoms with Crippen molar-refractivity contribution in [3.8, 4) is 0 Å². The molecule has 3 nitrogen and oxygen atoms in total. The molecule has 16 heavy (non-hydrogen) atoms. The van der Waals surface area contributed by atoms with E-state index in [2.05, 4.69) is 15.9 Å². The first kappa shape index (κ1) is 11.2. The van der Waals surface area contributed by atoms with E-state index in [1.165, 1.54) is 0 Å². The highest BCUT2D eigenvalue weighted by molar-refractivity contribution is 9.10. The van der Waals surface area contributed by atoms with Gasteiger partial charge in [0.15, 0.2) is 0 Å². The molecule has 0 fully saturated rings. The van der Waals surface area contributed by atoms with Crippen LogP contribution < -0.4 is 0 Å². The lowest BCUT2D eigenvalue weighted by Gasteiger charge is -1.99. The number of rotatable bonds is 3. The number of carbonyl (C=O) groups is 1. The van der Waals surface area contributed by atoms with E-state index in [-0.39, 0.29) is 6.42 Å². The topological polar surface area (TPSA) is 42.2 Å². The Morgan fingerprint density at radius 1 is 1.50 bits per heavy atom. The van der Waals surface area contributed by atoms with Crippen LogP contribution in [0.1, 0.15) is 12.0 Å². The summed E-state index contributed by atoms with van der Waals surface area (Å²) in [5.74, 6) is -0.760. The van der Waals surface area contributed by atoms with Gasteiger partial charge in [-0.2, -0.15) is 0 Å². The second-order valence-electron chi connectivity index (χ2n) is 3.79. The highest BCUT2D eigenvalue weighted by Crippen LogP contribution is 2.29. The lowest BCUT2D eigenvalue weighted by atomic mass is 10.1. The summed E-state index contributed by atoms with van der Waals surface area (Å²) in [6.07, 6.45) is 2.73. The monoisotopic (exact) mass is 281 g/mol. The van der Waals surface area contributed by atoms with Crippen LogP contribution in [0.2, 0.25) is 0 Å². The Balaban J connectivity index is 2.49. The van der Waals surface area contributed by atoms with Gasteiger partial charge >= 0.3 is 5.97 Å². The first-order chi connectivity index (χ1) is 7.59. The maximum absolute atomic E-state index is 10.6. The van der Waals surface area contributed by atoms with Gasteiger partial charge in [0.2, 0.25) is 0 Å². The first-order valence-corrected chi connectivity index (χ1v) is 5.83. The standard InChI is InChI=1S/C12H12BrNO2/c1-14-7-8(5-6-11(15)16)12-9(13)3-2-4-10(12)14/h2-4,7H,5-6H2,1H3,(H,15,16). The molecule has 0 saturated heterocycles. The van der Waals surface area contributed by atoms with Crippen molar-refractivity contribution in [1.82, 2.24) is 4.57 Å². The number of benzene rings is 1. The van der Waals surface area contributed by atoms with Crippen molar-refractivity contribution in [3.63, 3.8) is 0 Å². The van der Waals surface area contributed by atoms with Gasteiger partial charge in [0.25, 0.3) is 0 Å². The Morgan fingerprint density at radius 3 is 2.94 bits per heavy atom. The zero-order valence-electron chi connectivity index (χ0n) is 8.90. The lowest BCUT2D eigenvalue weighted by Crippen LogP contribution is -1.96. The minimum Gasteiger partial charge on any atom is -0.481 e. The van der Waals surface area contributed by atoms with Crippen LogP contribution in [-0.2, 0) is 18.3 Å². The Bertz CT molecular complexity index is 545. The molecule has 0 unspecified atom stereocenters. The molecule has 0 spiro atoms. The molecule has 1 aromatic heterocycles. The van der Waals surface area contributed by atoms with Crippen LogP contribution in [0.4, 0.5) is 0 Å². The predicted octanol–water partition coefficient (Wildman–Crippen LogP) is 2.96. The largest absolute Gasteiger partial charge is 0.481 e. The number of aliphatic carboxylic acids is 1. The molecule has 4 heteroatoms. The normalized spacial score (nSPS) is 10.9. The molecule has 0 aliphatic carbocycles. The molecular weight excluding hydrogens is 270 g/mol. The fraction of sp³-hybridized carbons (Fsp3) is 0.250. The zero-order chi connectivity index (χ0) is 11.7. The third kappa shape index (κ3) is 1.97. The van der Waals surface area contributed by atoms with E-state index in [1.807, 2.05) is 36.0 Å². The summed E-state index contributed by atoms with van der Waals surface area (Å²) in [4.78, 5) is 10.6. The Kier molecular flexibility index (Phi) is 3.01. The van der Waals surface area contributed by atoms with Crippen molar-refractivity contribution < 1.29 is 9.90 Å². The molecule has 0 aliphatic rings. The second kappa shape index (κ2) is 4.29. The number of hydrogen-bond donors (Lipinski definition) is 1. The Hall–Kier alpha value is -1.29. The van der Waals surface area contributed by atoms with E-state index >= 15 is 0 Å². The number of carboxylic acids is 1. The molecular formula is C12H12BrNO2. The molecule has 2 rings (SSSR count). The molecule has 1 heterocycles. The van der Waals surface area contributed by atoms with Gasteiger partial charge in [-0.3, -0.25) is 4.79 Å². The van der Waals surface area contributed by atoms with Crippen LogP contribution in [0.25, 0.3) is 10.9 Å². The average Bonchev–Trinajstić information content (AvgIpc) is 2.55. The van der Waals surface area contributed by atoms with Crippen molar-refractivity contribution >= 4 is 32.8 Å². The maximum atomic E-state index is 10.6. The number of aryl methyl sites for hydroxylation is 2. The summed E-state index contributed by atoms with van der Waals surface area (Å²) >= 11 is 3.51. The van der Waals surface area contributed by atoms with Gasteiger partial charge in [0.05, 0.1) is 0 Å². The van der Waals surface area contributed by atoms with Gasteiger partial charge < -0.3 is 9.67 Å². The summed E-state index contributed by atoms with van der Waals surface area (Å²) in [6, 6.07) is 5.99. The van der Waals surface area contributed by atoms with Crippen molar-refractivity contribution in [2.75, 3.05) is 0 Å². The van der Waals surface area contributed by atoms with E-state index < -0.39 is 5.97 Å². The van der Waals surface area contributed by atoms with Crippen molar-refractivity contribution in [2.45, 2.75) is 12.8 Å². The van der Waals surface area contributed by atoms with E-state index in [1.54, 1.807) is 0 Å². The van der Waals surface area contributed by atoms with Gasteiger partial charge in [0.1, 0.15) is 0 Å². The zero-order valence-corrected chi connectivity index (χ0v) is 10.5. The fourth-order valence-electron chi connectivity index (χ4n) is 1.92. The van der Waals surface area contributed by atoms with Gasteiger partial charge in [-0.1, -0.05) is 22.0 Å². The van der Waals surface area contributed by atoms with Crippen LogP contribution in [0, 0.1) is 0 Å². The average molecular weight is 282 g/mol. The summed E-state index contributed by atoms with van der Waals surface area (Å²) in [6.45, 7) is 0. The van der Waals surface area contributed by atoms with Crippen LogP contribution in [0.15, 0.2) is 28.9 Å². The third-order valence-corrected chi connectivity index (χ3v) is 3.31. The number of carboxylic acid groups (broad SMARTS) is 1. The smallest absolute Gasteiger partial charge is 0.303 e. The van der Waals surface area contributed by atoms with Crippen LogP contribution >= 0.6 is 15.9 Å². The summed E-state index contributed by atoms with van der Waals surface area (Å²) < 4.78 is 3.04. The predicted molar refractivity (Wildman–Crippen MR) is 66.6 cm³/mol. The molecule has 2 aromatic rings. The molecule has 1 N–H and O–H groups in total. The number of fused-ring (bicyclic) bond motifs is 1. The van der Waals surface area contributed by atoms with Crippen molar-refractivity contribution in [3.05, 3.63) is 34.4 Å². The summed E-state index contributed by atoms with van der Waals surface area (Å²) in [7, 11) is 1.97. The molecule has 84 valence electrons. The fourth-order valence-corrected chi connectivity index (χ4v) is 2.53. The van der Waals surface area contributed by atoms with Crippen molar-refractivity contribution in [1.29, 1.82) is 0 Å². The molecule has 0 saturated carbocycles. The van der Waals surface area contributed by atoms with Crippen LogP contribution in [0.3, 0.4) is 0 Å². The molecule has 1 aromatic carbocycles. The molecule has 0 aliphatic heterocycles. The van der Waals surface area contributed by atoms with E-state index in [0.29, 0.717) is 6.42 Å². The number of hydrogen-bond acceptors (Lipinski definition) is 1. The quantitative estimate of drug-likeness (QED) is 0.940. The third-order valence-electron chi connectivity index (χ3n) is 2.65. The van der Waals surface area contributed by atoms with E-state index in [4.69, 9.17) is 5.11 Å². The van der Waals surface area contributed by atoms with Gasteiger partial charge in [-0.15, -0.1) is 0 Å². The SMILES string of the molecule is Cn1cc(CCC(=O)O)c2c(Br)cccc21. The highest BCUT2D eigenvalue weighted by atomic mass is 79.9. The van der Waals surface area contributed by atoms with Crippen LogP contribution in [-0.4, -0.2) is 15.6 Å². The van der Waals surface area contributed by atoms with E-state index in [0.717, 1.165) is 20.9 Å². The highest BCUT2D eigenvalue weighted by Gasteiger charge is 2.10. The minimum atomic E-state index is -0.760. The summed E-state index contributed by atoms with van der Waals surface area (Å²) in [5, 5.41) is 9.82. The summed E-state index contributed by atoms with van der Waals surface area (Å²) in [5.41, 5.74) is 2.20. The van der Waals surface area contributed by atoms with Gasteiger partial charge in [-0.25, -0.2) is 0 Å². The van der Waals surface area contributed by atoms with E-state index in [9.17, 15) is 4.79 Å². The lowest BCUT2D eigenvalue weighted by molar-refractivity contribution is -0.136. The van der Waals surface area contributed by atoms with Crippen molar-refractivity contribution in [2.24, 2.45) is 7.05 Å².